The Morgan fingerprint density at radius 3 is 2.75 bits per heavy atom. The molecule has 2 N–H and O–H groups in total. The second-order valence-corrected chi connectivity index (χ2v) is 4.82. The highest BCUT2D eigenvalue weighted by Crippen LogP contribution is 2.10. The average Bonchev–Trinajstić information content (AvgIpc) is 3.00. The molecule has 0 aliphatic carbocycles. The Balaban J connectivity index is 0.00000288. The van der Waals surface area contributed by atoms with E-state index < -0.39 is 11.6 Å². The fraction of sp³-hybridized carbons (Fsp3) is 0.400. The number of aromatic nitrogens is 3. The lowest BCUT2D eigenvalue weighted by atomic mass is 10.2. The quantitative estimate of drug-likeness (QED) is 0.403. The van der Waals surface area contributed by atoms with Gasteiger partial charge in [0.1, 0.15) is 18.0 Å². The topological polar surface area (TPSA) is 67.1 Å². The number of nitrogens with zero attached hydrogens (tertiary/aromatic N) is 4. The summed E-state index contributed by atoms with van der Waals surface area (Å²) in [6, 6.07) is 3.34. The van der Waals surface area contributed by atoms with Gasteiger partial charge in [0.15, 0.2) is 11.8 Å². The number of hydrogen-bond donors (Lipinski definition) is 2. The molecule has 0 unspecified atom stereocenters. The highest BCUT2D eigenvalue weighted by Gasteiger charge is 2.06. The third-order valence-electron chi connectivity index (χ3n) is 3.21. The van der Waals surface area contributed by atoms with E-state index in [0.29, 0.717) is 19.0 Å². The number of aryl methyl sites for hydroxylation is 1. The molecule has 0 atom stereocenters. The van der Waals surface area contributed by atoms with Crippen LogP contribution >= 0.6 is 24.0 Å². The summed E-state index contributed by atoms with van der Waals surface area (Å²) in [6.07, 6.45) is 1.66. The predicted octanol–water partition coefficient (Wildman–Crippen LogP) is 2.45. The smallest absolute Gasteiger partial charge is 0.191 e. The molecule has 6 nitrogen and oxygen atoms in total. The number of benzene rings is 1. The summed E-state index contributed by atoms with van der Waals surface area (Å²) >= 11 is 0. The van der Waals surface area contributed by atoms with Crippen LogP contribution in [0.5, 0.6) is 0 Å². The van der Waals surface area contributed by atoms with Crippen LogP contribution in [0.25, 0.3) is 0 Å². The molecule has 0 bridgehead atoms. The number of nitrogens with one attached hydrogen (secondary N) is 2. The van der Waals surface area contributed by atoms with Gasteiger partial charge in [0.05, 0.1) is 13.1 Å². The average molecular weight is 450 g/mol. The Labute approximate surface area is 156 Å². The molecule has 0 saturated carbocycles. The lowest BCUT2D eigenvalue weighted by Crippen LogP contribution is -2.37. The van der Waals surface area contributed by atoms with Crippen molar-refractivity contribution >= 4 is 29.9 Å². The standard InChI is InChI=1S/C15H20F2N6.HI/c1-3-18-15(20-9-14-22-21-10-23(14)4-2)19-8-11-7-12(16)5-6-13(11)17;/h5-7,10H,3-4,8-9H2,1-2H3,(H2,18,19,20);1H. The number of halogens is 3. The van der Waals surface area contributed by atoms with Gasteiger partial charge < -0.3 is 15.2 Å². The molecule has 2 aromatic rings. The second-order valence-electron chi connectivity index (χ2n) is 4.82. The van der Waals surface area contributed by atoms with E-state index in [1.807, 2.05) is 18.4 Å². The summed E-state index contributed by atoms with van der Waals surface area (Å²) in [5.41, 5.74) is 0.207. The van der Waals surface area contributed by atoms with E-state index in [4.69, 9.17) is 0 Å². The van der Waals surface area contributed by atoms with E-state index in [9.17, 15) is 8.78 Å². The van der Waals surface area contributed by atoms with Crippen molar-refractivity contribution in [3.63, 3.8) is 0 Å². The lowest BCUT2D eigenvalue weighted by Gasteiger charge is -2.11. The summed E-state index contributed by atoms with van der Waals surface area (Å²) in [7, 11) is 0. The van der Waals surface area contributed by atoms with Crippen LogP contribution in [0.1, 0.15) is 25.2 Å². The van der Waals surface area contributed by atoms with Crippen LogP contribution in [-0.2, 0) is 19.6 Å². The summed E-state index contributed by atoms with van der Waals surface area (Å²) in [4.78, 5) is 4.27. The molecular weight excluding hydrogens is 429 g/mol. The van der Waals surface area contributed by atoms with Gasteiger partial charge in [-0.25, -0.2) is 13.8 Å². The van der Waals surface area contributed by atoms with E-state index in [1.54, 1.807) is 6.33 Å². The molecule has 24 heavy (non-hydrogen) atoms. The minimum atomic E-state index is -0.481. The maximum Gasteiger partial charge on any atom is 0.191 e. The molecule has 0 radical (unpaired) electrons. The molecular formula is C15H21F2IN6. The molecule has 2 rings (SSSR count). The zero-order valence-corrected chi connectivity index (χ0v) is 15.9. The molecule has 0 aliphatic heterocycles. The monoisotopic (exact) mass is 450 g/mol. The van der Waals surface area contributed by atoms with Gasteiger partial charge in [-0.3, -0.25) is 0 Å². The van der Waals surface area contributed by atoms with Crippen molar-refractivity contribution in [2.45, 2.75) is 33.5 Å². The summed E-state index contributed by atoms with van der Waals surface area (Å²) in [5.74, 6) is 0.319. The third-order valence-corrected chi connectivity index (χ3v) is 3.21. The van der Waals surface area contributed by atoms with E-state index in [2.05, 4.69) is 25.8 Å². The van der Waals surface area contributed by atoms with E-state index >= 15 is 0 Å². The van der Waals surface area contributed by atoms with Gasteiger partial charge >= 0.3 is 0 Å². The van der Waals surface area contributed by atoms with Crippen molar-refractivity contribution in [3.05, 3.63) is 47.5 Å². The Hall–Kier alpha value is -1.78. The van der Waals surface area contributed by atoms with Crippen molar-refractivity contribution in [2.24, 2.45) is 4.99 Å². The van der Waals surface area contributed by atoms with Crippen LogP contribution in [0.4, 0.5) is 8.78 Å². The fourth-order valence-electron chi connectivity index (χ4n) is 2.01. The minimum Gasteiger partial charge on any atom is -0.357 e. The molecule has 1 aromatic carbocycles. The van der Waals surface area contributed by atoms with Gasteiger partial charge in [0.25, 0.3) is 0 Å². The number of guanidine groups is 1. The Morgan fingerprint density at radius 2 is 2.04 bits per heavy atom. The first-order valence-corrected chi connectivity index (χ1v) is 7.46. The van der Waals surface area contributed by atoms with Gasteiger partial charge in [0.2, 0.25) is 0 Å². The second kappa shape index (κ2) is 10.2. The SMILES string of the molecule is CCNC(=NCc1cc(F)ccc1F)NCc1nncn1CC.I. The predicted molar refractivity (Wildman–Crippen MR) is 99.1 cm³/mol. The Bertz CT molecular complexity index is 674. The third kappa shape index (κ3) is 5.69. The van der Waals surface area contributed by atoms with Crippen molar-refractivity contribution in [3.8, 4) is 0 Å². The Kier molecular flexibility index (Phi) is 8.58. The molecule has 1 heterocycles. The van der Waals surface area contributed by atoms with Gasteiger partial charge in [-0.2, -0.15) is 0 Å². The van der Waals surface area contributed by atoms with Gasteiger partial charge in [-0.15, -0.1) is 34.2 Å². The van der Waals surface area contributed by atoms with Crippen molar-refractivity contribution in [2.75, 3.05) is 6.54 Å². The first kappa shape index (κ1) is 20.3. The van der Waals surface area contributed by atoms with Crippen LogP contribution < -0.4 is 10.6 Å². The minimum absolute atomic E-state index is 0. The van der Waals surface area contributed by atoms with E-state index in [0.717, 1.165) is 30.6 Å². The highest BCUT2D eigenvalue weighted by molar-refractivity contribution is 14.0. The molecule has 0 amide bonds. The number of hydrogen-bond acceptors (Lipinski definition) is 3. The van der Waals surface area contributed by atoms with E-state index in [1.165, 1.54) is 0 Å². The highest BCUT2D eigenvalue weighted by atomic mass is 127. The van der Waals surface area contributed by atoms with Crippen LogP contribution in [0.3, 0.4) is 0 Å². The zero-order valence-electron chi connectivity index (χ0n) is 13.6. The first-order chi connectivity index (χ1) is 11.1. The van der Waals surface area contributed by atoms with Crippen LogP contribution in [0.15, 0.2) is 29.5 Å². The molecule has 0 spiro atoms. The van der Waals surface area contributed by atoms with Crippen LogP contribution in [0.2, 0.25) is 0 Å². The van der Waals surface area contributed by atoms with E-state index in [-0.39, 0.29) is 36.1 Å². The van der Waals surface area contributed by atoms with Crippen molar-refractivity contribution < 1.29 is 8.78 Å². The first-order valence-electron chi connectivity index (χ1n) is 7.46. The fourth-order valence-corrected chi connectivity index (χ4v) is 2.01. The number of aliphatic imine (C=N–C) groups is 1. The lowest BCUT2D eigenvalue weighted by molar-refractivity contribution is 0.585. The molecule has 132 valence electrons. The maximum atomic E-state index is 13.6. The Morgan fingerprint density at radius 1 is 1.25 bits per heavy atom. The van der Waals surface area contributed by atoms with Crippen LogP contribution in [0, 0.1) is 11.6 Å². The zero-order chi connectivity index (χ0) is 16.7. The molecule has 0 aliphatic rings. The summed E-state index contributed by atoms with van der Waals surface area (Å²) in [5, 5.41) is 14.0. The summed E-state index contributed by atoms with van der Waals surface area (Å²) < 4.78 is 28.7. The normalized spacial score (nSPS) is 11.1. The van der Waals surface area contributed by atoms with Crippen molar-refractivity contribution in [1.82, 2.24) is 25.4 Å². The molecule has 9 heteroatoms. The van der Waals surface area contributed by atoms with Crippen molar-refractivity contribution in [1.29, 1.82) is 0 Å². The van der Waals surface area contributed by atoms with Gasteiger partial charge in [-0.1, -0.05) is 0 Å². The van der Waals surface area contributed by atoms with Gasteiger partial charge in [-0.05, 0) is 32.0 Å². The largest absolute Gasteiger partial charge is 0.357 e. The summed E-state index contributed by atoms with van der Waals surface area (Å²) in [6.45, 7) is 5.82. The molecule has 0 fully saturated rings. The van der Waals surface area contributed by atoms with Crippen LogP contribution in [-0.4, -0.2) is 27.3 Å². The van der Waals surface area contributed by atoms with Gasteiger partial charge in [0, 0.05) is 18.7 Å². The molecule has 1 aromatic heterocycles. The molecule has 0 saturated heterocycles. The maximum absolute atomic E-state index is 13.6. The number of rotatable bonds is 6.